The first-order chi connectivity index (χ1) is 25.7. The number of rotatable bonds is 14. The number of nitrogens with zero attached hydrogens (tertiary/aromatic N) is 2. The van der Waals surface area contributed by atoms with Crippen LogP contribution in [0.4, 0.5) is 11.4 Å². The molecule has 2 aliphatic rings. The Hall–Kier alpha value is -3.48. The van der Waals surface area contributed by atoms with E-state index >= 15 is 4.79 Å². The molecule has 2 aromatic carbocycles. The Morgan fingerprint density at radius 1 is 0.574 bits per heavy atom. The highest BCUT2D eigenvalue weighted by Gasteiger charge is 2.43. The van der Waals surface area contributed by atoms with Crippen LogP contribution in [0, 0.1) is 11.8 Å². The van der Waals surface area contributed by atoms with Crippen molar-refractivity contribution in [3.05, 3.63) is 82.2 Å². The van der Waals surface area contributed by atoms with Crippen molar-refractivity contribution in [2.45, 2.75) is 131 Å². The number of fused-ring (bicyclic) bond motifs is 2. The van der Waals surface area contributed by atoms with E-state index in [1.54, 1.807) is 0 Å². The van der Waals surface area contributed by atoms with Crippen LogP contribution in [0.3, 0.4) is 0 Å². The van der Waals surface area contributed by atoms with Crippen molar-refractivity contribution in [2.24, 2.45) is 11.8 Å². The van der Waals surface area contributed by atoms with Crippen LogP contribution < -0.4 is 9.80 Å². The summed E-state index contributed by atoms with van der Waals surface area (Å²) >= 11 is 3.68. The standard InChI is InChI=1S/C48H62N2O2S2/c1-11-15-17-31(13-3)29-49-37-27-33(39-23-24-40(53-39)41-25-26-42(54-41)48(8,9)10)19-21-35(37)43(45(49)51)44-36-22-20-34(47(5,6)7)28-38(36)50(46(44)52)30-32(14-4)18-16-12-2/h19-28,31-32H,11-18,29-30H2,1-10H3/b44-43+. The fraction of sp³-hybridized carbons (Fsp3) is 0.500. The third-order valence-electron chi connectivity index (χ3n) is 11.6. The highest BCUT2D eigenvalue weighted by molar-refractivity contribution is 7.24. The van der Waals surface area contributed by atoms with Crippen LogP contribution in [-0.2, 0) is 20.4 Å². The predicted octanol–water partition coefficient (Wildman–Crippen LogP) is 13.8. The van der Waals surface area contributed by atoms with Crippen LogP contribution in [0.25, 0.3) is 31.3 Å². The first kappa shape index (κ1) is 40.2. The van der Waals surface area contributed by atoms with Crippen LogP contribution in [0.1, 0.15) is 142 Å². The van der Waals surface area contributed by atoms with Gasteiger partial charge in [0.2, 0.25) is 0 Å². The highest BCUT2D eigenvalue weighted by atomic mass is 32.1. The van der Waals surface area contributed by atoms with Gasteiger partial charge in [0.15, 0.2) is 0 Å². The number of benzene rings is 2. The third kappa shape index (κ3) is 8.07. The van der Waals surface area contributed by atoms with Gasteiger partial charge < -0.3 is 9.80 Å². The molecule has 0 radical (unpaired) electrons. The molecule has 0 N–H and O–H groups in total. The summed E-state index contributed by atoms with van der Waals surface area (Å²) in [6, 6.07) is 22.0. The van der Waals surface area contributed by atoms with Crippen molar-refractivity contribution in [1.29, 1.82) is 0 Å². The largest absolute Gasteiger partial charge is 0.307 e. The molecule has 6 heteroatoms. The molecule has 0 saturated heterocycles. The van der Waals surface area contributed by atoms with Crippen LogP contribution in [0.2, 0.25) is 0 Å². The molecule has 0 saturated carbocycles. The number of anilines is 2. The number of thiophene rings is 2. The average molecular weight is 763 g/mol. The molecular weight excluding hydrogens is 701 g/mol. The number of amides is 2. The smallest absolute Gasteiger partial charge is 0.259 e. The summed E-state index contributed by atoms with van der Waals surface area (Å²) in [5.41, 5.74) is 7.18. The zero-order valence-electron chi connectivity index (χ0n) is 34.5. The Balaban J connectivity index is 1.47. The van der Waals surface area contributed by atoms with E-state index in [9.17, 15) is 4.79 Å². The second-order valence-electron chi connectivity index (χ2n) is 17.7. The van der Waals surface area contributed by atoms with Crippen LogP contribution in [0.15, 0.2) is 60.7 Å². The lowest BCUT2D eigenvalue weighted by Crippen LogP contribution is -2.34. The maximum Gasteiger partial charge on any atom is 0.259 e. The van der Waals surface area contributed by atoms with Gasteiger partial charge in [-0.3, -0.25) is 9.59 Å². The summed E-state index contributed by atoms with van der Waals surface area (Å²) in [6.45, 7) is 23.7. The molecule has 4 nitrogen and oxygen atoms in total. The van der Waals surface area contributed by atoms with E-state index in [1.807, 2.05) is 32.5 Å². The molecular formula is C48H62N2O2S2. The normalized spacial score (nSPS) is 17.1. The van der Waals surface area contributed by atoms with Crippen molar-refractivity contribution in [3.63, 3.8) is 0 Å². The summed E-state index contributed by atoms with van der Waals surface area (Å²) in [4.78, 5) is 39.1. The topological polar surface area (TPSA) is 40.6 Å². The average Bonchev–Trinajstić information content (AvgIpc) is 3.93. The molecule has 6 rings (SSSR count). The van der Waals surface area contributed by atoms with E-state index in [2.05, 4.69) is 130 Å². The second-order valence-corrected chi connectivity index (χ2v) is 19.9. The van der Waals surface area contributed by atoms with Crippen LogP contribution in [-0.4, -0.2) is 24.9 Å². The van der Waals surface area contributed by atoms with Crippen molar-refractivity contribution in [2.75, 3.05) is 22.9 Å². The third-order valence-corrected chi connectivity index (χ3v) is 14.4. The van der Waals surface area contributed by atoms with E-state index in [0.717, 1.165) is 79.4 Å². The van der Waals surface area contributed by atoms with Gasteiger partial charge in [0.25, 0.3) is 11.8 Å². The molecule has 0 aliphatic carbocycles. The second kappa shape index (κ2) is 16.3. The van der Waals surface area contributed by atoms with Gasteiger partial charge in [-0.1, -0.05) is 132 Å². The Morgan fingerprint density at radius 3 is 1.57 bits per heavy atom. The van der Waals surface area contributed by atoms with E-state index in [-0.39, 0.29) is 22.6 Å². The van der Waals surface area contributed by atoms with E-state index in [0.29, 0.717) is 36.1 Å². The number of hydrogen-bond acceptors (Lipinski definition) is 4. The van der Waals surface area contributed by atoms with Crippen molar-refractivity contribution in [1.82, 2.24) is 0 Å². The first-order valence-corrected chi connectivity index (χ1v) is 22.2. The SMILES string of the molecule is CCCCC(CC)CN1C(=O)/C(=C2/C(=O)N(CC(CC)CCCC)c3cc(C(C)(C)C)ccc32)c2ccc(-c3ccc(-c4ccc(C(C)(C)C)s4)s3)cc21. The summed E-state index contributed by atoms with van der Waals surface area (Å²) < 4.78 is 0. The fourth-order valence-corrected chi connectivity index (χ4v) is 10.1. The molecule has 2 aromatic heterocycles. The molecule has 288 valence electrons. The van der Waals surface area contributed by atoms with Gasteiger partial charge in [-0.15, -0.1) is 22.7 Å². The number of carbonyl (C=O) groups excluding carboxylic acids is 2. The fourth-order valence-electron chi connectivity index (χ4n) is 7.97. The molecule has 54 heavy (non-hydrogen) atoms. The summed E-state index contributed by atoms with van der Waals surface area (Å²) in [6.07, 6.45) is 8.79. The monoisotopic (exact) mass is 762 g/mol. The van der Waals surface area contributed by atoms with Gasteiger partial charge in [-0.2, -0.15) is 0 Å². The molecule has 4 heterocycles. The van der Waals surface area contributed by atoms with Crippen LogP contribution >= 0.6 is 22.7 Å². The maximum atomic E-state index is 15.0. The van der Waals surface area contributed by atoms with Crippen molar-refractivity contribution in [3.8, 4) is 20.2 Å². The Kier molecular flexibility index (Phi) is 12.1. The molecule has 2 unspecified atom stereocenters. The Bertz CT molecular complexity index is 2020. The highest BCUT2D eigenvalue weighted by Crippen LogP contribution is 2.50. The molecule has 2 aliphatic heterocycles. The van der Waals surface area contributed by atoms with Gasteiger partial charge in [0.1, 0.15) is 0 Å². The minimum atomic E-state index is -0.0668. The zero-order chi connectivity index (χ0) is 38.9. The number of carbonyl (C=O) groups is 2. The number of unbranched alkanes of at least 4 members (excludes halogenated alkanes) is 2. The van der Waals surface area contributed by atoms with Gasteiger partial charge in [-0.25, -0.2) is 0 Å². The molecule has 4 aromatic rings. The summed E-state index contributed by atoms with van der Waals surface area (Å²) in [7, 11) is 0. The molecule has 2 atom stereocenters. The van der Waals surface area contributed by atoms with E-state index in [4.69, 9.17) is 0 Å². The van der Waals surface area contributed by atoms with E-state index < -0.39 is 0 Å². The maximum absolute atomic E-state index is 15.0. The van der Waals surface area contributed by atoms with Gasteiger partial charge in [0, 0.05) is 43.7 Å². The lowest BCUT2D eigenvalue weighted by molar-refractivity contribution is -0.114. The molecule has 2 amide bonds. The summed E-state index contributed by atoms with van der Waals surface area (Å²) in [5.74, 6) is 0.730. The predicted molar refractivity (Wildman–Crippen MR) is 235 cm³/mol. The van der Waals surface area contributed by atoms with Gasteiger partial charge in [0.05, 0.1) is 22.5 Å². The van der Waals surface area contributed by atoms with E-state index in [1.165, 1.54) is 25.1 Å². The zero-order valence-corrected chi connectivity index (χ0v) is 36.2. The first-order valence-electron chi connectivity index (χ1n) is 20.6. The van der Waals surface area contributed by atoms with Crippen molar-refractivity contribution < 1.29 is 9.59 Å². The van der Waals surface area contributed by atoms with Crippen LogP contribution in [0.5, 0.6) is 0 Å². The molecule has 0 fully saturated rings. The summed E-state index contributed by atoms with van der Waals surface area (Å²) in [5, 5.41) is 0. The van der Waals surface area contributed by atoms with Crippen molar-refractivity contribution >= 4 is 57.0 Å². The Morgan fingerprint density at radius 2 is 1.07 bits per heavy atom. The quantitative estimate of drug-likeness (QED) is 0.120. The molecule has 0 spiro atoms. The Labute approximate surface area is 333 Å². The van der Waals surface area contributed by atoms with Gasteiger partial charge in [-0.05, 0) is 83.0 Å². The van der Waals surface area contributed by atoms with Gasteiger partial charge >= 0.3 is 0 Å². The minimum Gasteiger partial charge on any atom is -0.307 e. The lowest BCUT2D eigenvalue weighted by Gasteiger charge is -2.25. The molecule has 0 bridgehead atoms. The lowest BCUT2D eigenvalue weighted by atomic mass is 9.85. The minimum absolute atomic E-state index is 0.0299. The number of hydrogen-bond donors (Lipinski definition) is 0.